The van der Waals surface area contributed by atoms with Gasteiger partial charge < -0.3 is 24.3 Å². The SMILES string of the molecule is COc1cc(C(F)(F)F)c(-c2c(C=O)c(C(F)(F)F)c(CC(=O)NC(C)(C)C)c(OC)c2OCc2ccccc2)cc1OCc1ccccc1. The molecule has 266 valence electrons. The summed E-state index contributed by atoms with van der Waals surface area (Å²) in [7, 11) is 2.10. The molecule has 0 bridgehead atoms. The maximum atomic E-state index is 15.1. The molecule has 13 heteroatoms. The minimum absolute atomic E-state index is 0.140. The second-order valence-corrected chi connectivity index (χ2v) is 12.2. The Morgan fingerprint density at radius 2 is 1.30 bits per heavy atom. The van der Waals surface area contributed by atoms with Crippen LogP contribution in [0.1, 0.15) is 58.9 Å². The highest BCUT2D eigenvalue weighted by atomic mass is 19.4. The topological polar surface area (TPSA) is 83.1 Å². The van der Waals surface area contributed by atoms with Gasteiger partial charge in [0.1, 0.15) is 13.2 Å². The van der Waals surface area contributed by atoms with Gasteiger partial charge in [0, 0.05) is 27.8 Å². The van der Waals surface area contributed by atoms with Crippen LogP contribution in [0.15, 0.2) is 72.8 Å². The van der Waals surface area contributed by atoms with Crippen molar-refractivity contribution in [1.29, 1.82) is 0 Å². The first-order valence-corrected chi connectivity index (χ1v) is 15.2. The van der Waals surface area contributed by atoms with Gasteiger partial charge in [-0.3, -0.25) is 9.59 Å². The van der Waals surface area contributed by atoms with Crippen molar-refractivity contribution in [3.8, 4) is 34.1 Å². The molecule has 0 heterocycles. The van der Waals surface area contributed by atoms with Crippen molar-refractivity contribution in [2.75, 3.05) is 14.2 Å². The van der Waals surface area contributed by atoms with Gasteiger partial charge in [0.2, 0.25) is 5.91 Å². The largest absolute Gasteiger partial charge is 0.493 e. The molecular formula is C37H35F6NO6. The third-order valence-corrected chi connectivity index (χ3v) is 7.35. The number of hydrogen-bond acceptors (Lipinski definition) is 6. The molecule has 0 aromatic heterocycles. The molecule has 0 saturated carbocycles. The Balaban J connectivity index is 2.12. The van der Waals surface area contributed by atoms with Gasteiger partial charge in [-0.15, -0.1) is 0 Å². The molecule has 1 N–H and O–H groups in total. The number of amides is 1. The third-order valence-electron chi connectivity index (χ3n) is 7.35. The number of ether oxygens (including phenoxy) is 4. The van der Waals surface area contributed by atoms with E-state index in [0.717, 1.165) is 20.3 Å². The van der Waals surface area contributed by atoms with E-state index in [-0.39, 0.29) is 31.0 Å². The molecule has 4 rings (SSSR count). The lowest BCUT2D eigenvalue weighted by Gasteiger charge is -2.27. The zero-order valence-electron chi connectivity index (χ0n) is 27.8. The van der Waals surface area contributed by atoms with Gasteiger partial charge in [-0.05, 0) is 44.0 Å². The smallest absolute Gasteiger partial charge is 0.417 e. The second-order valence-electron chi connectivity index (χ2n) is 12.2. The van der Waals surface area contributed by atoms with Gasteiger partial charge in [-0.1, -0.05) is 60.7 Å². The summed E-state index contributed by atoms with van der Waals surface area (Å²) >= 11 is 0. The maximum Gasteiger partial charge on any atom is 0.417 e. The summed E-state index contributed by atoms with van der Waals surface area (Å²) < 4.78 is 112. The monoisotopic (exact) mass is 703 g/mol. The molecule has 0 radical (unpaired) electrons. The van der Waals surface area contributed by atoms with Gasteiger partial charge >= 0.3 is 12.4 Å². The van der Waals surface area contributed by atoms with Crippen LogP contribution in [0.3, 0.4) is 0 Å². The van der Waals surface area contributed by atoms with Crippen molar-refractivity contribution in [3.63, 3.8) is 0 Å². The highest BCUT2D eigenvalue weighted by Crippen LogP contribution is 2.54. The summed E-state index contributed by atoms with van der Waals surface area (Å²) in [6, 6.07) is 18.3. The molecular weight excluding hydrogens is 668 g/mol. The Morgan fingerprint density at radius 1 is 0.740 bits per heavy atom. The summed E-state index contributed by atoms with van der Waals surface area (Å²) in [5, 5.41) is 2.57. The summed E-state index contributed by atoms with van der Waals surface area (Å²) in [5.74, 6) is -2.78. The van der Waals surface area contributed by atoms with Crippen LogP contribution < -0.4 is 24.3 Å². The predicted octanol–water partition coefficient (Wildman–Crippen LogP) is 8.84. The maximum absolute atomic E-state index is 15.1. The number of nitrogens with one attached hydrogen (secondary N) is 1. The van der Waals surface area contributed by atoms with E-state index < -0.39 is 75.1 Å². The molecule has 50 heavy (non-hydrogen) atoms. The lowest BCUT2D eigenvalue weighted by molar-refractivity contribution is -0.138. The summed E-state index contributed by atoms with van der Waals surface area (Å²) in [4.78, 5) is 25.9. The number of halogens is 6. The van der Waals surface area contributed by atoms with E-state index >= 15 is 13.2 Å². The minimum atomic E-state index is -5.34. The highest BCUT2D eigenvalue weighted by molar-refractivity contribution is 5.97. The fraction of sp³-hybridized carbons (Fsp3) is 0.297. The van der Waals surface area contributed by atoms with Crippen molar-refractivity contribution in [1.82, 2.24) is 5.32 Å². The molecule has 0 aliphatic heterocycles. The molecule has 0 aliphatic rings. The van der Waals surface area contributed by atoms with E-state index in [2.05, 4.69) is 5.32 Å². The van der Waals surface area contributed by atoms with E-state index in [1.54, 1.807) is 81.4 Å². The van der Waals surface area contributed by atoms with Gasteiger partial charge in [-0.2, -0.15) is 26.3 Å². The molecule has 0 aliphatic carbocycles. The van der Waals surface area contributed by atoms with Crippen LogP contribution in [0.5, 0.6) is 23.0 Å². The first kappa shape index (κ1) is 37.6. The van der Waals surface area contributed by atoms with Crippen molar-refractivity contribution < 1.29 is 54.9 Å². The third kappa shape index (κ3) is 8.87. The fourth-order valence-electron chi connectivity index (χ4n) is 5.37. The number of methoxy groups -OCH3 is 2. The van der Waals surface area contributed by atoms with E-state index in [1.807, 2.05) is 0 Å². The minimum Gasteiger partial charge on any atom is -0.493 e. The van der Waals surface area contributed by atoms with Crippen LogP contribution in [-0.2, 0) is 36.8 Å². The molecule has 0 unspecified atom stereocenters. The van der Waals surface area contributed by atoms with Crippen molar-refractivity contribution >= 4 is 12.2 Å². The molecule has 1 amide bonds. The molecule has 0 spiro atoms. The van der Waals surface area contributed by atoms with Gasteiger partial charge in [0.25, 0.3) is 0 Å². The number of carbonyl (C=O) groups excluding carboxylic acids is 2. The Morgan fingerprint density at radius 3 is 1.76 bits per heavy atom. The number of rotatable bonds is 12. The van der Waals surface area contributed by atoms with Crippen molar-refractivity contribution in [2.24, 2.45) is 0 Å². The predicted molar refractivity (Wildman–Crippen MR) is 174 cm³/mol. The first-order valence-electron chi connectivity index (χ1n) is 15.2. The Kier molecular flexibility index (Phi) is 11.4. The second kappa shape index (κ2) is 15.1. The van der Waals surface area contributed by atoms with E-state index in [4.69, 9.17) is 18.9 Å². The molecule has 7 nitrogen and oxygen atoms in total. The van der Waals surface area contributed by atoms with Crippen LogP contribution in [0, 0.1) is 0 Å². The van der Waals surface area contributed by atoms with Gasteiger partial charge in [-0.25, -0.2) is 0 Å². The quantitative estimate of drug-likeness (QED) is 0.117. The van der Waals surface area contributed by atoms with Crippen LogP contribution in [0.2, 0.25) is 0 Å². The average Bonchev–Trinajstić information content (AvgIpc) is 3.04. The van der Waals surface area contributed by atoms with E-state index in [9.17, 15) is 22.8 Å². The first-order chi connectivity index (χ1) is 23.5. The number of benzene rings is 4. The fourth-order valence-corrected chi connectivity index (χ4v) is 5.37. The van der Waals surface area contributed by atoms with Crippen molar-refractivity contribution in [3.05, 3.63) is 106 Å². The standard InChI is InChI=1S/C37H35F6NO6/c1-35(2,3)44-30(46)17-25-32(37(41,42)43)26(19-45)31(34(33(25)48-5)50-21-23-14-10-7-11-15-23)24-16-29(49-20-22-12-8-6-9-13-22)28(47-4)18-27(24)36(38,39)40/h6-16,18-19H,17,20-21H2,1-5H3,(H,44,46). The molecule has 4 aromatic rings. The Hall–Kier alpha value is -5.20. The molecule has 0 atom stereocenters. The number of carbonyl (C=O) groups is 2. The highest BCUT2D eigenvalue weighted by Gasteiger charge is 2.44. The van der Waals surface area contributed by atoms with Crippen LogP contribution >= 0.6 is 0 Å². The Bertz CT molecular complexity index is 1820. The van der Waals surface area contributed by atoms with Gasteiger partial charge in [0.05, 0.1) is 31.8 Å². The summed E-state index contributed by atoms with van der Waals surface area (Å²) in [6.45, 7) is 4.35. The Labute approximate surface area is 285 Å². The lowest BCUT2D eigenvalue weighted by atomic mass is 9.86. The molecule has 0 saturated heterocycles. The summed E-state index contributed by atoms with van der Waals surface area (Å²) in [6.07, 6.45) is -11.7. The average molecular weight is 704 g/mol. The number of hydrogen-bond donors (Lipinski definition) is 1. The van der Waals surface area contributed by atoms with Crippen molar-refractivity contribution in [2.45, 2.75) is 58.3 Å². The van der Waals surface area contributed by atoms with Crippen LogP contribution in [-0.4, -0.2) is 32.0 Å². The number of alkyl halides is 6. The molecule has 0 fully saturated rings. The van der Waals surface area contributed by atoms with E-state index in [1.165, 1.54) is 0 Å². The van der Waals surface area contributed by atoms with E-state index in [0.29, 0.717) is 17.2 Å². The zero-order chi connectivity index (χ0) is 36.9. The van der Waals surface area contributed by atoms with Crippen LogP contribution in [0.4, 0.5) is 26.3 Å². The normalized spacial score (nSPS) is 11.9. The molecule has 4 aromatic carbocycles. The van der Waals surface area contributed by atoms with Gasteiger partial charge in [0.15, 0.2) is 29.3 Å². The zero-order valence-corrected chi connectivity index (χ0v) is 27.8. The summed E-state index contributed by atoms with van der Waals surface area (Å²) in [5.41, 5.74) is -6.53. The lowest BCUT2D eigenvalue weighted by Crippen LogP contribution is -2.41. The van der Waals surface area contributed by atoms with Crippen LogP contribution in [0.25, 0.3) is 11.1 Å². The number of aldehydes is 1.